The zero-order valence-corrected chi connectivity index (χ0v) is 30.0. The minimum absolute atomic E-state index is 0.0463. The first-order valence-corrected chi connectivity index (χ1v) is 17.5. The van der Waals surface area contributed by atoms with Crippen LogP contribution in [0, 0.1) is 0 Å². The minimum atomic E-state index is -1.09. The van der Waals surface area contributed by atoms with E-state index < -0.39 is 6.09 Å². The molecule has 51 heavy (non-hydrogen) atoms. The van der Waals surface area contributed by atoms with Gasteiger partial charge < -0.3 is 29.4 Å². The fourth-order valence-electron chi connectivity index (χ4n) is 6.84. The van der Waals surface area contributed by atoms with E-state index in [4.69, 9.17) is 42.6 Å². The van der Waals surface area contributed by atoms with Crippen molar-refractivity contribution in [2.45, 2.75) is 44.6 Å². The summed E-state index contributed by atoms with van der Waals surface area (Å²) in [5.41, 5.74) is 6.87. The lowest BCUT2D eigenvalue weighted by Gasteiger charge is -2.34. The zero-order valence-electron chi connectivity index (χ0n) is 28.5. The second kappa shape index (κ2) is 14.5. The van der Waals surface area contributed by atoms with Crippen molar-refractivity contribution in [2.24, 2.45) is 7.05 Å². The molecule has 0 bridgehead atoms. The maximum Gasteiger partial charge on any atom is 0.407 e. The predicted molar refractivity (Wildman–Crippen MR) is 197 cm³/mol. The zero-order chi connectivity index (χ0) is 35.8. The number of methoxy groups -OCH3 is 1. The summed E-state index contributed by atoms with van der Waals surface area (Å²) in [6.07, 6.45) is 3.21. The van der Waals surface area contributed by atoms with Gasteiger partial charge in [-0.15, -0.1) is 0 Å². The fraction of sp³-hybridized carbons (Fsp3) is 0.316. The van der Waals surface area contributed by atoms with E-state index in [1.54, 1.807) is 12.1 Å². The Kier molecular flexibility index (Phi) is 9.89. The van der Waals surface area contributed by atoms with Gasteiger partial charge in [-0.3, -0.25) is 9.69 Å². The molecule has 264 valence electrons. The summed E-state index contributed by atoms with van der Waals surface area (Å²) in [6.45, 7) is 1.79. The van der Waals surface area contributed by atoms with Crippen LogP contribution >= 0.6 is 23.2 Å². The van der Waals surface area contributed by atoms with Crippen LogP contribution in [-0.4, -0.2) is 81.0 Å². The van der Waals surface area contributed by atoms with E-state index >= 15 is 0 Å². The molecule has 11 nitrogen and oxygen atoms in total. The van der Waals surface area contributed by atoms with Gasteiger partial charge in [0, 0.05) is 78.4 Å². The molecule has 5 aromatic rings. The number of aromatic nitrogens is 3. The van der Waals surface area contributed by atoms with Crippen molar-refractivity contribution in [3.8, 4) is 39.5 Å². The molecule has 2 amide bonds. The lowest BCUT2D eigenvalue weighted by molar-refractivity contribution is -0.138. The van der Waals surface area contributed by atoms with Gasteiger partial charge in [0.15, 0.2) is 0 Å². The van der Waals surface area contributed by atoms with Crippen molar-refractivity contribution in [3.63, 3.8) is 0 Å². The Labute approximate surface area is 305 Å². The van der Waals surface area contributed by atoms with Crippen molar-refractivity contribution in [3.05, 3.63) is 88.0 Å². The monoisotopic (exact) mass is 728 g/mol. The molecular weight excluding hydrogens is 691 g/mol. The summed E-state index contributed by atoms with van der Waals surface area (Å²) in [7, 11) is 5.57. The summed E-state index contributed by atoms with van der Waals surface area (Å²) >= 11 is 14.2. The predicted octanol–water partition coefficient (Wildman–Crippen LogP) is 7.22. The van der Waals surface area contributed by atoms with E-state index in [-0.39, 0.29) is 37.1 Å². The fourth-order valence-corrected chi connectivity index (χ4v) is 7.49. The third kappa shape index (κ3) is 6.99. The van der Waals surface area contributed by atoms with E-state index in [1.807, 2.05) is 54.1 Å². The topological polar surface area (TPSA) is 122 Å². The molecular formula is C38H38Cl2N6O5. The normalized spacial score (nSPS) is 17.1. The van der Waals surface area contributed by atoms with Crippen molar-refractivity contribution in [1.82, 2.24) is 29.7 Å². The molecule has 2 aliphatic rings. The number of amides is 2. The summed E-state index contributed by atoms with van der Waals surface area (Å²) in [5.74, 6) is 0.211. The summed E-state index contributed by atoms with van der Waals surface area (Å²) in [4.78, 5) is 37.0. The average molecular weight is 730 g/mol. The summed E-state index contributed by atoms with van der Waals surface area (Å²) in [5, 5.41) is 14.8. The number of carbonyl (C=O) groups is 2. The first-order valence-electron chi connectivity index (χ1n) is 16.8. The quantitative estimate of drug-likeness (QED) is 0.146. The number of nitrogens with zero attached hydrogens (tertiary/aromatic N) is 5. The molecule has 2 fully saturated rings. The van der Waals surface area contributed by atoms with Crippen LogP contribution in [-0.2, 0) is 29.7 Å². The largest absolute Gasteiger partial charge is 0.481 e. The molecule has 0 radical (unpaired) electrons. The molecule has 0 saturated carbocycles. The molecule has 2 atom stereocenters. The Morgan fingerprint density at radius 2 is 1.61 bits per heavy atom. The van der Waals surface area contributed by atoms with Gasteiger partial charge in [-0.1, -0.05) is 59.6 Å². The molecule has 7 rings (SSSR count). The SMILES string of the molecule is COc1nc(-c2cccc(-c3cccc(-c4ccc5c(CN(C)[C@@H]6CCO6)cn(C)c5n4)c3Cl)c2Cl)ccc1CN(C[C@@H]1CCC(=O)N1)C(=O)O. The van der Waals surface area contributed by atoms with Crippen LogP contribution in [0.4, 0.5) is 4.79 Å². The summed E-state index contributed by atoms with van der Waals surface area (Å²) < 4.78 is 13.3. The van der Waals surface area contributed by atoms with Gasteiger partial charge >= 0.3 is 6.09 Å². The number of pyridine rings is 2. The lowest BCUT2D eigenvalue weighted by atomic mass is 9.98. The van der Waals surface area contributed by atoms with Gasteiger partial charge in [-0.05, 0) is 43.3 Å². The van der Waals surface area contributed by atoms with Gasteiger partial charge in [0.1, 0.15) is 11.9 Å². The number of carboxylic acid groups (broad SMARTS) is 1. The van der Waals surface area contributed by atoms with Crippen LogP contribution in [0.15, 0.2) is 66.9 Å². The second-order valence-electron chi connectivity index (χ2n) is 13.0. The Balaban J connectivity index is 1.16. The van der Waals surface area contributed by atoms with Gasteiger partial charge in [0.25, 0.3) is 0 Å². The number of ether oxygens (including phenoxy) is 2. The number of hydrogen-bond donors (Lipinski definition) is 2. The number of rotatable bonds is 11. The van der Waals surface area contributed by atoms with Crippen LogP contribution in [0.25, 0.3) is 44.7 Å². The maximum absolute atomic E-state index is 12.1. The standard InChI is InChI=1S/C38H38Cl2N6O5/c1-44(33-16-17-51-33)18-23-19-45(2)36-25(23)12-14-30(42-36)28-8-4-6-26(34(28)39)27-7-5-9-29(35(27)40)31-13-10-22(37(43-31)50-3)20-46(38(48)49)21-24-11-15-32(47)41-24/h4-10,12-14,19,24,33H,11,15-18,20-21H2,1-3H3,(H,41,47)(H,48,49)/t24-,33-/m0/s1. The maximum atomic E-state index is 12.1. The Hall–Kier alpha value is -4.68. The van der Waals surface area contributed by atoms with Crippen LogP contribution in [0.3, 0.4) is 0 Å². The minimum Gasteiger partial charge on any atom is -0.481 e. The molecule has 3 aromatic heterocycles. The van der Waals surface area contributed by atoms with Gasteiger partial charge in [-0.2, -0.15) is 0 Å². The third-order valence-electron chi connectivity index (χ3n) is 9.62. The Morgan fingerprint density at radius 1 is 0.961 bits per heavy atom. The molecule has 2 N–H and O–H groups in total. The number of fused-ring (bicyclic) bond motifs is 1. The molecule has 2 aliphatic heterocycles. The second-order valence-corrected chi connectivity index (χ2v) is 13.8. The first kappa shape index (κ1) is 34.8. The highest BCUT2D eigenvalue weighted by atomic mass is 35.5. The third-order valence-corrected chi connectivity index (χ3v) is 10.4. The van der Waals surface area contributed by atoms with Gasteiger partial charge in [0.2, 0.25) is 11.8 Å². The highest BCUT2D eigenvalue weighted by Gasteiger charge is 2.27. The smallest absolute Gasteiger partial charge is 0.407 e. The van der Waals surface area contributed by atoms with E-state index in [1.165, 1.54) is 17.6 Å². The van der Waals surface area contributed by atoms with E-state index in [2.05, 4.69) is 29.5 Å². The van der Waals surface area contributed by atoms with E-state index in [9.17, 15) is 14.7 Å². The number of carbonyl (C=O) groups excluding carboxylic acids is 1. The van der Waals surface area contributed by atoms with Gasteiger partial charge in [-0.25, -0.2) is 14.8 Å². The molecule has 13 heteroatoms. The van der Waals surface area contributed by atoms with Crippen LogP contribution < -0.4 is 10.1 Å². The molecule has 0 aliphatic carbocycles. The molecule has 5 heterocycles. The van der Waals surface area contributed by atoms with Gasteiger partial charge in [0.05, 0.1) is 41.7 Å². The number of halogens is 2. The number of hydrogen-bond acceptors (Lipinski definition) is 7. The van der Waals surface area contributed by atoms with E-state index in [0.717, 1.165) is 53.0 Å². The molecule has 2 aromatic carbocycles. The van der Waals surface area contributed by atoms with Crippen LogP contribution in [0.2, 0.25) is 10.0 Å². The van der Waals surface area contributed by atoms with Crippen molar-refractivity contribution < 1.29 is 24.2 Å². The highest BCUT2D eigenvalue weighted by Crippen LogP contribution is 2.42. The molecule has 2 saturated heterocycles. The average Bonchev–Trinajstić information content (AvgIpc) is 3.64. The van der Waals surface area contributed by atoms with Crippen LogP contribution in [0.5, 0.6) is 5.88 Å². The van der Waals surface area contributed by atoms with Crippen LogP contribution in [0.1, 0.15) is 30.4 Å². The number of nitrogens with one attached hydrogen (secondary N) is 1. The molecule has 0 spiro atoms. The van der Waals surface area contributed by atoms with Crippen molar-refractivity contribution in [2.75, 3.05) is 27.3 Å². The Morgan fingerprint density at radius 3 is 2.20 bits per heavy atom. The molecule has 0 unspecified atom stereocenters. The van der Waals surface area contributed by atoms with E-state index in [0.29, 0.717) is 39.7 Å². The first-order chi connectivity index (χ1) is 24.6. The highest BCUT2D eigenvalue weighted by molar-refractivity contribution is 6.39. The number of aryl methyl sites for hydroxylation is 1. The van der Waals surface area contributed by atoms with Crippen molar-refractivity contribution in [1.29, 1.82) is 0 Å². The number of benzene rings is 2. The Bertz CT molecular complexity index is 2130. The lowest BCUT2D eigenvalue weighted by Crippen LogP contribution is -2.41. The summed E-state index contributed by atoms with van der Waals surface area (Å²) in [6, 6.07) is 19.0. The van der Waals surface area contributed by atoms with Crippen molar-refractivity contribution >= 4 is 46.2 Å².